The highest BCUT2D eigenvalue weighted by Gasteiger charge is 2.20. The van der Waals surface area contributed by atoms with Gasteiger partial charge in [0.15, 0.2) is 0 Å². The van der Waals surface area contributed by atoms with E-state index >= 15 is 0 Å². The highest BCUT2D eigenvalue weighted by Crippen LogP contribution is 2.22. The second-order valence-electron chi connectivity index (χ2n) is 5.65. The van der Waals surface area contributed by atoms with E-state index in [1.54, 1.807) is 0 Å². The molecule has 2 heterocycles. The van der Waals surface area contributed by atoms with E-state index in [1.165, 1.54) is 22.6 Å². The van der Waals surface area contributed by atoms with Crippen molar-refractivity contribution < 1.29 is 0 Å². The lowest BCUT2D eigenvalue weighted by Crippen LogP contribution is -2.22. The largest absolute Gasteiger partial charge is 0.309 e. The van der Waals surface area contributed by atoms with Gasteiger partial charge in [-0.15, -0.1) is 11.3 Å². The van der Waals surface area contributed by atoms with Crippen molar-refractivity contribution in [2.75, 3.05) is 6.54 Å². The van der Waals surface area contributed by atoms with E-state index in [9.17, 15) is 0 Å². The zero-order valence-electron chi connectivity index (χ0n) is 12.6. The number of nitrogens with one attached hydrogen (secondary N) is 1. The van der Waals surface area contributed by atoms with Gasteiger partial charge in [0.1, 0.15) is 0 Å². The molecule has 0 saturated heterocycles. The number of hydrogen-bond donors (Lipinski definition) is 1. The van der Waals surface area contributed by atoms with Gasteiger partial charge in [-0.1, -0.05) is 13.0 Å². The lowest BCUT2D eigenvalue weighted by Gasteiger charge is -2.18. The van der Waals surface area contributed by atoms with E-state index in [0.29, 0.717) is 0 Å². The first-order valence-electron chi connectivity index (χ1n) is 7.76. The molecule has 1 saturated carbocycles. The van der Waals surface area contributed by atoms with Crippen molar-refractivity contribution in [3.63, 3.8) is 0 Å². The van der Waals surface area contributed by atoms with Crippen LogP contribution in [0.15, 0.2) is 36.5 Å². The Morgan fingerprint density at radius 3 is 2.76 bits per heavy atom. The summed E-state index contributed by atoms with van der Waals surface area (Å²) in [5.74, 6) is 0. The van der Waals surface area contributed by atoms with E-state index in [1.807, 2.05) is 23.6 Å². The van der Waals surface area contributed by atoms with Crippen LogP contribution in [0.1, 0.15) is 35.2 Å². The third kappa shape index (κ3) is 4.63. The standard InChI is InChI=1S/C17H23N3S/c1-2-20(12-15-5-3-4-10-18-15)13-17-9-8-16(21-17)11-19-14-6-7-14/h3-5,8-10,14,19H,2,6-7,11-13H2,1H3. The summed E-state index contributed by atoms with van der Waals surface area (Å²) in [5, 5.41) is 3.58. The summed E-state index contributed by atoms with van der Waals surface area (Å²) >= 11 is 1.93. The van der Waals surface area contributed by atoms with Crippen molar-refractivity contribution in [1.29, 1.82) is 0 Å². The Morgan fingerprint density at radius 2 is 2.05 bits per heavy atom. The van der Waals surface area contributed by atoms with Crippen molar-refractivity contribution in [2.45, 2.75) is 45.4 Å². The van der Waals surface area contributed by atoms with Crippen LogP contribution in [-0.2, 0) is 19.6 Å². The SMILES string of the molecule is CCN(Cc1ccccn1)Cc1ccc(CNC2CC2)s1. The van der Waals surface area contributed by atoms with Crippen LogP contribution < -0.4 is 5.32 Å². The second kappa shape index (κ2) is 7.16. The molecule has 0 radical (unpaired) electrons. The van der Waals surface area contributed by atoms with Crippen LogP contribution in [-0.4, -0.2) is 22.5 Å². The molecule has 1 N–H and O–H groups in total. The zero-order chi connectivity index (χ0) is 14.5. The maximum absolute atomic E-state index is 4.42. The summed E-state index contributed by atoms with van der Waals surface area (Å²) < 4.78 is 0. The van der Waals surface area contributed by atoms with E-state index in [4.69, 9.17) is 0 Å². The minimum atomic E-state index is 0.784. The van der Waals surface area contributed by atoms with Crippen molar-refractivity contribution in [3.8, 4) is 0 Å². The van der Waals surface area contributed by atoms with Gasteiger partial charge < -0.3 is 5.32 Å². The van der Waals surface area contributed by atoms with Crippen molar-refractivity contribution >= 4 is 11.3 Å². The van der Waals surface area contributed by atoms with E-state index in [0.717, 1.165) is 37.9 Å². The van der Waals surface area contributed by atoms with Gasteiger partial charge >= 0.3 is 0 Å². The second-order valence-corrected chi connectivity index (χ2v) is 6.90. The minimum Gasteiger partial charge on any atom is -0.309 e. The molecule has 1 aliphatic carbocycles. The Labute approximate surface area is 131 Å². The number of rotatable bonds is 8. The smallest absolute Gasteiger partial charge is 0.0544 e. The molecule has 4 heteroatoms. The highest BCUT2D eigenvalue weighted by atomic mass is 32.1. The third-order valence-corrected chi connectivity index (χ3v) is 4.87. The zero-order valence-corrected chi connectivity index (χ0v) is 13.4. The first-order chi connectivity index (χ1) is 10.3. The van der Waals surface area contributed by atoms with Crippen molar-refractivity contribution in [1.82, 2.24) is 15.2 Å². The number of nitrogens with zero attached hydrogens (tertiary/aromatic N) is 2. The topological polar surface area (TPSA) is 28.2 Å². The molecule has 3 nitrogen and oxygen atoms in total. The maximum Gasteiger partial charge on any atom is 0.0544 e. The molecule has 0 spiro atoms. The Hall–Kier alpha value is -1.23. The van der Waals surface area contributed by atoms with Gasteiger partial charge in [0.25, 0.3) is 0 Å². The molecular formula is C17H23N3S. The molecule has 0 aliphatic heterocycles. The molecule has 21 heavy (non-hydrogen) atoms. The predicted molar refractivity (Wildman–Crippen MR) is 88.2 cm³/mol. The molecule has 0 aromatic carbocycles. The number of aromatic nitrogens is 1. The molecule has 0 amide bonds. The van der Waals surface area contributed by atoms with Crippen LogP contribution >= 0.6 is 11.3 Å². The molecule has 0 bridgehead atoms. The molecule has 2 aromatic rings. The first kappa shape index (κ1) is 14.7. The van der Waals surface area contributed by atoms with Gasteiger partial charge in [0.05, 0.1) is 5.69 Å². The monoisotopic (exact) mass is 301 g/mol. The van der Waals surface area contributed by atoms with E-state index in [-0.39, 0.29) is 0 Å². The molecule has 112 valence electrons. The lowest BCUT2D eigenvalue weighted by molar-refractivity contribution is 0.270. The van der Waals surface area contributed by atoms with Crippen molar-refractivity contribution in [3.05, 3.63) is 52.0 Å². The molecule has 2 aromatic heterocycles. The summed E-state index contributed by atoms with van der Waals surface area (Å²) in [6.07, 6.45) is 4.58. The first-order valence-corrected chi connectivity index (χ1v) is 8.58. The Bertz CT molecular complexity index is 548. The van der Waals surface area contributed by atoms with Crippen LogP contribution in [0.2, 0.25) is 0 Å². The lowest BCUT2D eigenvalue weighted by atomic mass is 10.3. The summed E-state index contributed by atoms with van der Waals surface area (Å²) in [6, 6.07) is 11.5. The molecule has 0 atom stereocenters. The number of hydrogen-bond acceptors (Lipinski definition) is 4. The molecule has 1 aliphatic rings. The van der Waals surface area contributed by atoms with Gasteiger partial charge in [-0.3, -0.25) is 9.88 Å². The fourth-order valence-corrected chi connectivity index (χ4v) is 3.37. The quantitative estimate of drug-likeness (QED) is 0.810. The number of thiophene rings is 1. The molecule has 0 unspecified atom stereocenters. The van der Waals surface area contributed by atoms with Crippen LogP contribution in [0.3, 0.4) is 0 Å². The van der Waals surface area contributed by atoms with Crippen LogP contribution in [0.4, 0.5) is 0 Å². The summed E-state index contributed by atoms with van der Waals surface area (Å²) in [6.45, 7) is 6.23. The van der Waals surface area contributed by atoms with Crippen LogP contribution in [0.5, 0.6) is 0 Å². The van der Waals surface area contributed by atoms with Gasteiger partial charge in [-0.05, 0) is 43.7 Å². The summed E-state index contributed by atoms with van der Waals surface area (Å²) in [5.41, 5.74) is 1.14. The normalized spacial score (nSPS) is 14.8. The van der Waals surface area contributed by atoms with Gasteiger partial charge in [0, 0.05) is 41.6 Å². The van der Waals surface area contributed by atoms with Crippen LogP contribution in [0.25, 0.3) is 0 Å². The highest BCUT2D eigenvalue weighted by molar-refractivity contribution is 7.11. The predicted octanol–water partition coefficient (Wildman–Crippen LogP) is 3.42. The fraction of sp³-hybridized carbons (Fsp3) is 0.471. The molecular weight excluding hydrogens is 278 g/mol. The van der Waals surface area contributed by atoms with Crippen molar-refractivity contribution in [2.24, 2.45) is 0 Å². The van der Waals surface area contributed by atoms with Crippen LogP contribution in [0, 0.1) is 0 Å². The average Bonchev–Trinajstić information content (AvgIpc) is 3.25. The summed E-state index contributed by atoms with van der Waals surface area (Å²) in [7, 11) is 0. The Balaban J connectivity index is 1.53. The maximum atomic E-state index is 4.42. The van der Waals surface area contributed by atoms with Gasteiger partial charge in [-0.25, -0.2) is 0 Å². The molecule has 1 fully saturated rings. The fourth-order valence-electron chi connectivity index (χ4n) is 2.36. The van der Waals surface area contributed by atoms with Gasteiger partial charge in [0.2, 0.25) is 0 Å². The third-order valence-electron chi connectivity index (χ3n) is 3.80. The summed E-state index contributed by atoms with van der Waals surface area (Å²) in [4.78, 5) is 9.75. The average molecular weight is 301 g/mol. The van der Waals surface area contributed by atoms with E-state index in [2.05, 4.69) is 46.4 Å². The Morgan fingerprint density at radius 1 is 1.19 bits per heavy atom. The minimum absolute atomic E-state index is 0.784. The molecule has 3 rings (SSSR count). The van der Waals surface area contributed by atoms with E-state index < -0.39 is 0 Å². The number of pyridine rings is 1. The Kier molecular flexibility index (Phi) is 5.01. The van der Waals surface area contributed by atoms with Gasteiger partial charge in [-0.2, -0.15) is 0 Å².